The minimum atomic E-state index is -0.372. The third kappa shape index (κ3) is 21.1. The average Bonchev–Trinajstić information content (AvgIpc) is 2.70. The average molecular weight is 447 g/mol. The topological polar surface area (TPSA) is 61.4 Å². The molecule has 0 radical (unpaired) electrons. The first-order valence-electron chi connectivity index (χ1n) is 12.6. The van der Waals surface area contributed by atoms with Gasteiger partial charge in [-0.05, 0) is 26.7 Å². The first-order chi connectivity index (χ1) is 13.9. The Balaban J connectivity index is 0. The summed E-state index contributed by atoms with van der Waals surface area (Å²) in [6.07, 6.45) is 21.5. The smallest absolute Gasteiger partial charge is 0.221 e. The molecule has 2 atom stereocenters. The van der Waals surface area contributed by atoms with Crippen LogP contribution in [-0.2, 0) is 4.79 Å². The van der Waals surface area contributed by atoms with Crippen LogP contribution in [0.25, 0.3) is 0 Å². The highest BCUT2D eigenvalue weighted by atomic mass is 31.0. The van der Waals surface area contributed by atoms with E-state index in [1.54, 1.807) is 0 Å². The summed E-state index contributed by atoms with van der Waals surface area (Å²) in [6, 6.07) is 0. The Morgan fingerprint density at radius 2 is 1.17 bits per heavy atom. The van der Waals surface area contributed by atoms with Crippen molar-refractivity contribution in [3.05, 3.63) is 0 Å². The molecule has 0 rings (SSSR count). The van der Waals surface area contributed by atoms with Crippen molar-refractivity contribution in [3.63, 3.8) is 0 Å². The molecule has 0 bridgehead atoms. The van der Waals surface area contributed by atoms with Crippen molar-refractivity contribution in [3.8, 4) is 0 Å². The van der Waals surface area contributed by atoms with Gasteiger partial charge in [0.2, 0.25) is 5.91 Å². The summed E-state index contributed by atoms with van der Waals surface area (Å²) in [5.41, 5.74) is -0.372. The van der Waals surface area contributed by atoms with Crippen molar-refractivity contribution in [1.82, 2.24) is 10.6 Å². The minimum Gasteiger partial charge on any atom is -0.394 e. The van der Waals surface area contributed by atoms with E-state index in [9.17, 15) is 9.90 Å². The van der Waals surface area contributed by atoms with Crippen LogP contribution in [-0.4, -0.2) is 29.3 Å². The Hall–Kier alpha value is -0.180. The maximum atomic E-state index is 12.1. The van der Waals surface area contributed by atoms with Gasteiger partial charge in [0.05, 0.1) is 12.8 Å². The van der Waals surface area contributed by atoms with Crippen LogP contribution in [0.1, 0.15) is 137 Å². The first-order valence-corrected chi connectivity index (χ1v) is 12.6. The maximum Gasteiger partial charge on any atom is 0.221 e. The van der Waals surface area contributed by atoms with Crippen LogP contribution in [0.4, 0.5) is 0 Å². The molecule has 0 aliphatic carbocycles. The van der Waals surface area contributed by atoms with Gasteiger partial charge in [0.25, 0.3) is 0 Å². The molecule has 3 N–H and O–H groups in total. The number of hydrogen-bond donors (Lipinski definition) is 3. The van der Waals surface area contributed by atoms with Gasteiger partial charge < -0.3 is 10.4 Å². The Labute approximate surface area is 191 Å². The molecular formula is C25H55N2O2P. The molecule has 0 spiro atoms. The monoisotopic (exact) mass is 446 g/mol. The van der Waals surface area contributed by atoms with E-state index in [0.717, 1.165) is 19.3 Å². The molecule has 0 heterocycles. The molecular weight excluding hydrogens is 391 g/mol. The maximum absolute atomic E-state index is 12.1. The van der Waals surface area contributed by atoms with Gasteiger partial charge >= 0.3 is 0 Å². The highest BCUT2D eigenvalue weighted by Crippen LogP contribution is 2.13. The number of rotatable bonds is 21. The largest absolute Gasteiger partial charge is 0.394 e. The summed E-state index contributed by atoms with van der Waals surface area (Å²) in [5, 5.41) is 15.7. The zero-order valence-corrected chi connectivity index (χ0v) is 22.3. The van der Waals surface area contributed by atoms with Crippen molar-refractivity contribution in [2.75, 3.05) is 6.61 Å². The normalized spacial score (nSPS) is 12.4. The van der Waals surface area contributed by atoms with E-state index in [-0.39, 0.29) is 34.1 Å². The molecule has 0 saturated carbocycles. The second-order valence-corrected chi connectivity index (χ2v) is 9.41. The second kappa shape index (κ2) is 22.0. The lowest BCUT2D eigenvalue weighted by Crippen LogP contribution is -2.55. The molecule has 4 nitrogen and oxygen atoms in total. The summed E-state index contributed by atoms with van der Waals surface area (Å²) in [4.78, 5) is 12.1. The van der Waals surface area contributed by atoms with Crippen LogP contribution in [0.2, 0.25) is 0 Å². The summed E-state index contributed by atoms with van der Waals surface area (Å²) < 4.78 is 0. The van der Waals surface area contributed by atoms with Crippen LogP contribution in [0.3, 0.4) is 0 Å². The zero-order chi connectivity index (χ0) is 21.8. The lowest BCUT2D eigenvalue weighted by atomic mass is 10.0. The van der Waals surface area contributed by atoms with E-state index in [1.165, 1.54) is 83.5 Å². The number of aliphatic hydroxyl groups is 1. The molecule has 30 heavy (non-hydrogen) atoms. The van der Waals surface area contributed by atoms with E-state index >= 15 is 0 Å². The first kappa shape index (κ1) is 32.0. The number of amides is 1. The number of unbranched alkanes of at least 4 members (excludes halogenated alkanes) is 14. The zero-order valence-electron chi connectivity index (χ0n) is 20.9. The molecule has 0 aromatic heterocycles. The van der Waals surface area contributed by atoms with E-state index in [4.69, 9.17) is 0 Å². The lowest BCUT2D eigenvalue weighted by molar-refractivity contribution is -0.122. The molecule has 0 aliphatic rings. The quantitative estimate of drug-likeness (QED) is 0.107. The fraction of sp³-hybridized carbons (Fsp3) is 0.960. The third-order valence-electron chi connectivity index (χ3n) is 5.71. The van der Waals surface area contributed by atoms with Gasteiger partial charge in [-0.2, -0.15) is 9.90 Å². The highest BCUT2D eigenvalue weighted by molar-refractivity contribution is 6.92. The van der Waals surface area contributed by atoms with Gasteiger partial charge in [-0.1, -0.05) is 104 Å². The predicted octanol–water partition coefficient (Wildman–Crippen LogP) is 6.52. The highest BCUT2D eigenvalue weighted by Gasteiger charge is 2.21. The van der Waals surface area contributed by atoms with Crippen molar-refractivity contribution >= 4 is 15.8 Å². The molecule has 0 aromatic rings. The standard InChI is InChI=1S/C25H52N2O2.H3P/c1-5-7-8-9-10-11-12-13-14-15-16-17-18-19-20-21-24(29)26-23(6-2)27-25(3,4)22-28;/h23,27-28H,5-22H2,1-4H3,(H,26,29);1H3. The van der Waals surface area contributed by atoms with Crippen molar-refractivity contribution in [1.29, 1.82) is 0 Å². The van der Waals surface area contributed by atoms with E-state index < -0.39 is 0 Å². The van der Waals surface area contributed by atoms with Gasteiger partial charge in [0, 0.05) is 12.0 Å². The van der Waals surface area contributed by atoms with E-state index in [0.29, 0.717) is 6.42 Å². The van der Waals surface area contributed by atoms with Gasteiger partial charge in [-0.15, -0.1) is 0 Å². The molecule has 5 heteroatoms. The Bertz CT molecular complexity index is 378. The molecule has 0 aromatic carbocycles. The lowest BCUT2D eigenvalue weighted by Gasteiger charge is -2.30. The Kier molecular flexibility index (Phi) is 23.5. The predicted molar refractivity (Wildman–Crippen MR) is 137 cm³/mol. The van der Waals surface area contributed by atoms with Gasteiger partial charge in [0.1, 0.15) is 0 Å². The summed E-state index contributed by atoms with van der Waals surface area (Å²) >= 11 is 0. The van der Waals surface area contributed by atoms with Gasteiger partial charge in [0.15, 0.2) is 0 Å². The number of nitrogens with one attached hydrogen (secondary N) is 2. The summed E-state index contributed by atoms with van der Waals surface area (Å²) in [6.45, 7) is 8.25. The number of carbonyl (C=O) groups is 1. The van der Waals surface area contributed by atoms with Gasteiger partial charge in [-0.25, -0.2) is 0 Å². The fourth-order valence-electron chi connectivity index (χ4n) is 3.68. The van der Waals surface area contributed by atoms with Crippen LogP contribution in [0.5, 0.6) is 0 Å². The summed E-state index contributed by atoms with van der Waals surface area (Å²) in [5.74, 6) is 0.118. The Morgan fingerprint density at radius 3 is 1.53 bits per heavy atom. The Morgan fingerprint density at radius 1 is 0.767 bits per heavy atom. The van der Waals surface area contributed by atoms with E-state index in [1.807, 2.05) is 20.8 Å². The number of aliphatic hydroxyl groups excluding tert-OH is 1. The minimum absolute atomic E-state index is 0. The van der Waals surface area contributed by atoms with Crippen molar-refractivity contribution in [2.24, 2.45) is 0 Å². The van der Waals surface area contributed by atoms with Crippen LogP contribution in [0, 0.1) is 0 Å². The fourth-order valence-corrected chi connectivity index (χ4v) is 3.68. The van der Waals surface area contributed by atoms with Crippen molar-refractivity contribution in [2.45, 2.75) is 149 Å². The molecule has 0 saturated heterocycles. The number of carbonyl (C=O) groups excluding carboxylic acids is 1. The second-order valence-electron chi connectivity index (χ2n) is 9.41. The molecule has 2 unspecified atom stereocenters. The SMILES string of the molecule is CCCCCCCCCCCCCCCCCC(=O)NC(CC)NC(C)(C)CO.P. The molecule has 0 fully saturated rings. The molecule has 0 aliphatic heterocycles. The van der Waals surface area contributed by atoms with Crippen LogP contribution < -0.4 is 10.6 Å². The third-order valence-corrected chi connectivity index (χ3v) is 5.71. The molecule has 1 amide bonds. The van der Waals surface area contributed by atoms with Gasteiger partial charge in [-0.3, -0.25) is 10.1 Å². The van der Waals surface area contributed by atoms with Crippen molar-refractivity contribution < 1.29 is 9.90 Å². The number of hydrogen-bond acceptors (Lipinski definition) is 3. The molecule has 182 valence electrons. The van der Waals surface area contributed by atoms with Crippen LogP contribution in [0.15, 0.2) is 0 Å². The van der Waals surface area contributed by atoms with E-state index in [2.05, 4.69) is 17.6 Å². The summed E-state index contributed by atoms with van der Waals surface area (Å²) in [7, 11) is 0. The van der Waals surface area contributed by atoms with Crippen LogP contribution >= 0.6 is 9.90 Å².